The minimum absolute atomic E-state index is 0. The van der Waals surface area contributed by atoms with Gasteiger partial charge in [0.05, 0.1) is 36.1 Å². The molecule has 1 spiro atoms. The molecule has 24 nitrogen and oxygen atoms in total. The molecular formula is C56H99ClN8O16. The SMILES string of the molecule is CC(=O)C=NCC(C)(C)C.CC(=O)C=O.CC(=O)c1nn(C(C)(C)C)cc1O.CC(C)(C)CN.CC(C)(C)OC(=O)N1CCC(=O)CC1.CC(C)(C)OC(=O)N1CCC2(CC1)CC(=O)c1nn(C(C)(C)C)cc1O2.Cl.O.O.O=CC=O. The average molecular weight is 1180 g/mol. The Morgan fingerprint density at radius 1 is 0.679 bits per heavy atom. The summed E-state index contributed by atoms with van der Waals surface area (Å²) in [4.78, 5) is 112. The number of aromatic hydroxyl groups is 1. The van der Waals surface area contributed by atoms with Gasteiger partial charge in [-0.05, 0) is 100 Å². The number of hydrogen-bond acceptors (Lipinski definition) is 18. The highest BCUT2D eigenvalue weighted by Gasteiger charge is 2.46. The highest BCUT2D eigenvalue weighted by Crippen LogP contribution is 2.40. The zero-order valence-electron chi connectivity index (χ0n) is 52.1. The third kappa shape index (κ3) is 37.4. The van der Waals surface area contributed by atoms with E-state index in [9.17, 15) is 38.7 Å². The zero-order chi connectivity index (χ0) is 61.4. The van der Waals surface area contributed by atoms with E-state index in [0.29, 0.717) is 81.7 Å². The number of hydrogen-bond donors (Lipinski definition) is 2. The number of amides is 2. The maximum atomic E-state index is 12.6. The van der Waals surface area contributed by atoms with Crippen molar-refractivity contribution in [2.45, 2.75) is 205 Å². The van der Waals surface area contributed by atoms with Crippen molar-refractivity contribution in [3.63, 3.8) is 0 Å². The van der Waals surface area contributed by atoms with Crippen molar-refractivity contribution < 1.29 is 78.2 Å². The number of piperidine rings is 2. The number of carbonyl (C=O) groups excluding carboxylic acids is 10. The second kappa shape index (κ2) is 36.3. The maximum absolute atomic E-state index is 12.6. The number of nitrogens with two attached hydrogens (primary N) is 1. The Bertz CT molecular complexity index is 2330. The van der Waals surface area contributed by atoms with Crippen LogP contribution in [0.25, 0.3) is 0 Å². The quantitative estimate of drug-likeness (QED) is 0.130. The molecule has 0 bridgehead atoms. The van der Waals surface area contributed by atoms with E-state index >= 15 is 0 Å². The first-order chi connectivity index (χ1) is 35.3. The molecule has 3 aliphatic rings. The molecule has 25 heteroatoms. The molecule has 81 heavy (non-hydrogen) atoms. The highest BCUT2D eigenvalue weighted by atomic mass is 35.5. The minimum atomic E-state index is -0.547. The molecule has 5 rings (SSSR count). The number of rotatable bonds is 5. The van der Waals surface area contributed by atoms with Crippen LogP contribution in [0.4, 0.5) is 9.59 Å². The van der Waals surface area contributed by atoms with Crippen molar-refractivity contribution in [2.75, 3.05) is 39.3 Å². The molecule has 0 unspecified atom stereocenters. The van der Waals surface area contributed by atoms with Crippen LogP contribution in [0.2, 0.25) is 0 Å². The topological polar surface area (TPSA) is 362 Å². The summed E-state index contributed by atoms with van der Waals surface area (Å²) in [5.74, 6) is 0.115. The van der Waals surface area contributed by atoms with Gasteiger partial charge in [0.1, 0.15) is 22.6 Å². The molecule has 2 aromatic rings. The van der Waals surface area contributed by atoms with Crippen LogP contribution in [-0.4, -0.2) is 168 Å². The van der Waals surface area contributed by atoms with Crippen LogP contribution in [0.15, 0.2) is 17.4 Å². The van der Waals surface area contributed by atoms with E-state index in [0.717, 1.165) is 6.54 Å². The lowest BCUT2D eigenvalue weighted by Crippen LogP contribution is -2.52. The molecule has 3 aliphatic heterocycles. The standard InChI is InChI=1S/C19H29N3O4.C10H17NO3.C9H14N2O2.C8H15NO.C5H13N.C3H4O2.C2H2O2.ClH.2H2O/c1-17(2,3)22-12-14-15(20-22)13(23)11-19(25-14)7-9-21(10-8-19)16(24)26-18(4,5)6;1-10(2,3)14-9(13)11-6-4-8(12)5-7-11;1-6(12)8-7(13)5-11(10-8)9(2,3)4;1-7(10)5-9-6-8(2,3)4;1-5(2,3)4-6;1-3(5)2-4;3-1-2-4;;;/h12H,7-11H2,1-6H3;4-7H2,1-3H3;5,13H,1-4H3;5H,6H2,1-4H3;4,6H2,1-3H3;2H,1H3;1-2H;1H;2*1H2. The second-order valence-electron chi connectivity index (χ2n) is 25.3. The van der Waals surface area contributed by atoms with Gasteiger partial charge in [0.2, 0.25) is 0 Å². The molecule has 5 heterocycles. The predicted molar refractivity (Wildman–Crippen MR) is 313 cm³/mol. The summed E-state index contributed by atoms with van der Waals surface area (Å²) in [5, 5.41) is 17.8. The molecule has 0 aliphatic carbocycles. The van der Waals surface area contributed by atoms with Gasteiger partial charge in [0.25, 0.3) is 0 Å². The molecule has 0 aromatic carbocycles. The van der Waals surface area contributed by atoms with E-state index in [1.807, 2.05) is 89.3 Å². The Kier molecular flexibility index (Phi) is 37.4. The average Bonchev–Trinajstić information content (AvgIpc) is 3.91. The van der Waals surface area contributed by atoms with Gasteiger partial charge in [-0.25, -0.2) is 9.59 Å². The predicted octanol–water partition coefficient (Wildman–Crippen LogP) is 7.12. The first-order valence-corrected chi connectivity index (χ1v) is 25.9. The summed E-state index contributed by atoms with van der Waals surface area (Å²) in [6, 6.07) is 0. The van der Waals surface area contributed by atoms with E-state index in [1.165, 1.54) is 33.2 Å². The van der Waals surface area contributed by atoms with Gasteiger partial charge >= 0.3 is 12.2 Å². The fourth-order valence-corrected chi connectivity index (χ4v) is 5.99. The molecule has 2 aromatic heterocycles. The Morgan fingerprint density at radius 3 is 1.37 bits per heavy atom. The molecule has 0 atom stereocenters. The fourth-order valence-electron chi connectivity index (χ4n) is 5.99. The van der Waals surface area contributed by atoms with E-state index in [2.05, 4.69) is 56.7 Å². The largest absolute Gasteiger partial charge is 0.504 e. The minimum Gasteiger partial charge on any atom is -0.504 e. The monoisotopic (exact) mass is 1170 g/mol. The molecule has 0 saturated carbocycles. The van der Waals surface area contributed by atoms with E-state index in [4.69, 9.17) is 34.3 Å². The number of ether oxygens (including phenoxy) is 3. The normalized spacial score (nSPS) is 14.5. The number of Topliss-reactive ketones (excluding diaryl/α,β-unsaturated/α-hetero) is 5. The van der Waals surface area contributed by atoms with Gasteiger partial charge in [-0.2, -0.15) is 10.2 Å². The van der Waals surface area contributed by atoms with Crippen molar-refractivity contribution in [1.82, 2.24) is 29.4 Å². The van der Waals surface area contributed by atoms with E-state index in [-0.39, 0.29) is 105 Å². The third-order valence-electron chi connectivity index (χ3n) is 10.1. The van der Waals surface area contributed by atoms with Crippen LogP contribution in [0, 0.1) is 10.8 Å². The molecule has 2 saturated heterocycles. The number of halogens is 1. The molecule has 2 fully saturated rings. The summed E-state index contributed by atoms with van der Waals surface area (Å²) in [5.41, 5.74) is 4.41. The van der Waals surface area contributed by atoms with Gasteiger partial charge in [-0.3, -0.25) is 52.7 Å². The third-order valence-corrected chi connectivity index (χ3v) is 10.1. The van der Waals surface area contributed by atoms with Crippen LogP contribution < -0.4 is 10.5 Å². The lowest BCUT2D eigenvalue weighted by molar-refractivity contribution is -0.128. The Balaban J connectivity index is -0.000000303. The number of fused-ring (bicyclic) bond motifs is 1. The summed E-state index contributed by atoms with van der Waals surface area (Å²) >= 11 is 0. The first-order valence-electron chi connectivity index (χ1n) is 25.9. The number of ketones is 5. The van der Waals surface area contributed by atoms with Gasteiger partial charge in [-0.15, -0.1) is 12.4 Å². The van der Waals surface area contributed by atoms with Crippen LogP contribution in [-0.2, 0) is 49.3 Å². The summed E-state index contributed by atoms with van der Waals surface area (Å²) in [6.45, 7) is 43.2. The summed E-state index contributed by atoms with van der Waals surface area (Å²) in [7, 11) is 0. The van der Waals surface area contributed by atoms with Crippen molar-refractivity contribution in [2.24, 2.45) is 21.6 Å². The number of nitrogens with zero attached hydrogens (tertiary/aromatic N) is 7. The zero-order valence-corrected chi connectivity index (χ0v) is 52.9. The van der Waals surface area contributed by atoms with Crippen LogP contribution in [0.3, 0.4) is 0 Å². The van der Waals surface area contributed by atoms with Crippen molar-refractivity contribution in [3.05, 3.63) is 23.8 Å². The lowest BCUT2D eigenvalue weighted by Gasteiger charge is -2.43. The smallest absolute Gasteiger partial charge is 0.410 e. The van der Waals surface area contributed by atoms with Gasteiger partial charge < -0.3 is 45.8 Å². The number of carbonyl (C=O) groups is 10. The number of aliphatic imine (C=N–C) groups is 1. The lowest BCUT2D eigenvalue weighted by atomic mass is 9.84. The Morgan fingerprint density at radius 2 is 1.07 bits per heavy atom. The molecule has 7 N–H and O–H groups in total. The van der Waals surface area contributed by atoms with Gasteiger partial charge in [0, 0.05) is 79.2 Å². The number of likely N-dealkylation sites (tertiary alicyclic amines) is 2. The van der Waals surface area contributed by atoms with Crippen molar-refractivity contribution in [1.29, 1.82) is 0 Å². The van der Waals surface area contributed by atoms with Gasteiger partial charge in [-0.1, -0.05) is 41.5 Å². The van der Waals surface area contributed by atoms with Crippen molar-refractivity contribution in [3.8, 4) is 11.5 Å². The molecular weight excluding hydrogens is 1080 g/mol. The van der Waals surface area contributed by atoms with E-state index < -0.39 is 22.6 Å². The summed E-state index contributed by atoms with van der Waals surface area (Å²) < 4.78 is 20.2. The Hall–Kier alpha value is -6.24. The highest BCUT2D eigenvalue weighted by molar-refractivity contribution is 6.26. The first kappa shape index (κ1) is 83.6. The van der Waals surface area contributed by atoms with Crippen molar-refractivity contribution >= 4 is 78.6 Å². The molecule has 466 valence electrons. The van der Waals surface area contributed by atoms with Gasteiger partial charge in [0.15, 0.2) is 64.9 Å². The van der Waals surface area contributed by atoms with Crippen LogP contribution >= 0.6 is 12.4 Å². The fraction of sp³-hybridized carbons (Fsp3) is 0.696. The second-order valence-corrected chi connectivity index (χ2v) is 25.3. The summed E-state index contributed by atoms with van der Waals surface area (Å²) in [6.07, 6.45) is 7.15. The molecule has 0 radical (unpaired) electrons. The van der Waals surface area contributed by atoms with E-state index in [1.54, 1.807) is 19.2 Å². The maximum Gasteiger partial charge on any atom is 0.410 e. The Labute approximate surface area is 486 Å². The number of aldehydes is 3. The van der Waals surface area contributed by atoms with Crippen LogP contribution in [0.1, 0.15) is 198 Å². The number of aromatic nitrogens is 4. The van der Waals surface area contributed by atoms with Crippen LogP contribution in [0.5, 0.6) is 11.5 Å². The molecule has 2 amide bonds.